The molecule has 0 spiro atoms. The van der Waals surface area contributed by atoms with Crippen LogP contribution in [0.4, 0.5) is 0 Å². The van der Waals surface area contributed by atoms with Crippen molar-refractivity contribution in [3.05, 3.63) is 22.8 Å². The second-order valence-electron chi connectivity index (χ2n) is 2.02. The van der Waals surface area contributed by atoms with E-state index in [1.165, 1.54) is 19.3 Å². The highest BCUT2D eigenvalue weighted by Gasteiger charge is 2.11. The van der Waals surface area contributed by atoms with E-state index in [1.54, 1.807) is 6.07 Å². The number of nitrogens with one attached hydrogen (secondary N) is 1. The van der Waals surface area contributed by atoms with Gasteiger partial charge in [-0.15, -0.1) is 0 Å². The minimum atomic E-state index is -3.40. The molecule has 1 rings (SSSR count). The summed E-state index contributed by atoms with van der Waals surface area (Å²) in [4.78, 5) is 3.72. The third-order valence-corrected chi connectivity index (χ3v) is 3.04. The molecule has 0 saturated carbocycles. The minimum Gasteiger partial charge on any atom is -0.242 e. The van der Waals surface area contributed by atoms with Gasteiger partial charge in [-0.3, -0.25) is 0 Å². The Morgan fingerprint density at radius 1 is 1.50 bits per heavy atom. The van der Waals surface area contributed by atoms with E-state index in [4.69, 9.17) is 0 Å². The molecule has 0 amide bonds. The fourth-order valence-electron chi connectivity index (χ4n) is 0.626. The minimum absolute atomic E-state index is 0.0215. The van der Waals surface area contributed by atoms with Gasteiger partial charge in [0.25, 0.3) is 10.0 Å². The zero-order valence-corrected chi connectivity index (χ0v) is 8.68. The van der Waals surface area contributed by atoms with Gasteiger partial charge in [0.15, 0.2) is 5.03 Å². The molecule has 6 heteroatoms. The number of nitrogens with zero attached hydrogens (tertiary/aromatic N) is 1. The molecule has 4 nitrogen and oxygen atoms in total. The van der Waals surface area contributed by atoms with Gasteiger partial charge in [-0.1, -0.05) is 0 Å². The van der Waals surface area contributed by atoms with Crippen LogP contribution in [-0.4, -0.2) is 20.4 Å². The smallest absolute Gasteiger partial charge is 0.242 e. The highest BCUT2D eigenvalue weighted by molar-refractivity contribution is 9.10. The first kappa shape index (κ1) is 9.63. The van der Waals surface area contributed by atoms with Crippen LogP contribution in [0.25, 0.3) is 0 Å². The molecule has 0 aliphatic rings. The number of rotatable bonds is 2. The van der Waals surface area contributed by atoms with Crippen molar-refractivity contribution in [2.75, 3.05) is 7.05 Å². The van der Waals surface area contributed by atoms with Crippen LogP contribution in [0.3, 0.4) is 0 Å². The van der Waals surface area contributed by atoms with Crippen LogP contribution < -0.4 is 4.72 Å². The Bertz CT molecular complexity index is 360. The van der Waals surface area contributed by atoms with Crippen LogP contribution in [0.5, 0.6) is 0 Å². The molecule has 1 N–H and O–H groups in total. The van der Waals surface area contributed by atoms with E-state index in [-0.39, 0.29) is 5.03 Å². The molecule has 0 fully saturated rings. The first-order valence-corrected chi connectivity index (χ1v) is 5.39. The fraction of sp³-hybridized carbons (Fsp3) is 0.167. The Kier molecular flexibility index (Phi) is 2.81. The maximum absolute atomic E-state index is 11.1. The van der Waals surface area contributed by atoms with Crippen LogP contribution in [0.1, 0.15) is 0 Å². The van der Waals surface area contributed by atoms with Crippen LogP contribution in [0, 0.1) is 0 Å². The Morgan fingerprint density at radius 3 is 2.58 bits per heavy atom. The fourth-order valence-corrected chi connectivity index (χ4v) is 1.51. The first-order valence-electron chi connectivity index (χ1n) is 3.11. The lowest BCUT2D eigenvalue weighted by molar-refractivity contribution is 0.584. The Hall–Kier alpha value is -0.460. The van der Waals surface area contributed by atoms with Crippen LogP contribution in [0.15, 0.2) is 27.8 Å². The quantitative estimate of drug-likeness (QED) is 0.843. The summed E-state index contributed by atoms with van der Waals surface area (Å²) in [6.07, 6.45) is 1.43. The monoisotopic (exact) mass is 250 g/mol. The highest BCUT2D eigenvalue weighted by atomic mass is 79.9. The van der Waals surface area contributed by atoms with Gasteiger partial charge in [0.2, 0.25) is 0 Å². The average Bonchev–Trinajstić information content (AvgIpc) is 2.05. The van der Waals surface area contributed by atoms with Crippen molar-refractivity contribution in [3.8, 4) is 0 Å². The molecule has 0 bridgehead atoms. The van der Waals surface area contributed by atoms with E-state index in [2.05, 4.69) is 25.6 Å². The van der Waals surface area contributed by atoms with E-state index in [0.717, 1.165) is 4.47 Å². The average molecular weight is 251 g/mol. The lowest BCUT2D eigenvalue weighted by Crippen LogP contribution is -2.19. The van der Waals surface area contributed by atoms with Crippen molar-refractivity contribution in [3.63, 3.8) is 0 Å². The van der Waals surface area contributed by atoms with Crippen molar-refractivity contribution in [1.82, 2.24) is 9.71 Å². The third-order valence-electron chi connectivity index (χ3n) is 1.24. The van der Waals surface area contributed by atoms with Crippen LogP contribution in [0.2, 0.25) is 0 Å². The molecule has 1 aromatic rings. The van der Waals surface area contributed by atoms with E-state index >= 15 is 0 Å². The van der Waals surface area contributed by atoms with Gasteiger partial charge in [0, 0.05) is 10.7 Å². The third kappa shape index (κ3) is 2.02. The molecular weight excluding hydrogens is 244 g/mol. The van der Waals surface area contributed by atoms with Crippen molar-refractivity contribution in [2.45, 2.75) is 5.03 Å². The maximum atomic E-state index is 11.1. The zero-order valence-electron chi connectivity index (χ0n) is 6.28. The maximum Gasteiger partial charge on any atom is 0.257 e. The van der Waals surface area contributed by atoms with Gasteiger partial charge in [-0.25, -0.2) is 18.1 Å². The molecule has 12 heavy (non-hydrogen) atoms. The number of halogens is 1. The van der Waals surface area contributed by atoms with Gasteiger partial charge in [-0.2, -0.15) is 0 Å². The van der Waals surface area contributed by atoms with Crippen molar-refractivity contribution in [2.24, 2.45) is 0 Å². The van der Waals surface area contributed by atoms with Gasteiger partial charge in [0.05, 0.1) is 0 Å². The number of aromatic nitrogens is 1. The molecule has 0 atom stereocenters. The summed E-state index contributed by atoms with van der Waals surface area (Å²) >= 11 is 3.16. The Morgan fingerprint density at radius 2 is 2.17 bits per heavy atom. The summed E-state index contributed by atoms with van der Waals surface area (Å²) in [7, 11) is -2.05. The van der Waals surface area contributed by atoms with E-state index in [0.29, 0.717) is 0 Å². The molecular formula is C6H7BrN2O2S. The first-order chi connectivity index (χ1) is 5.56. The molecule has 0 radical (unpaired) electrons. The van der Waals surface area contributed by atoms with Gasteiger partial charge in [0.1, 0.15) is 0 Å². The van der Waals surface area contributed by atoms with Gasteiger partial charge >= 0.3 is 0 Å². The lowest BCUT2D eigenvalue weighted by atomic mass is 10.5. The molecule has 0 aliphatic heterocycles. The lowest BCUT2D eigenvalue weighted by Gasteiger charge is -1.99. The molecule has 66 valence electrons. The molecule has 0 unspecified atom stereocenters. The SMILES string of the molecule is CNS(=O)(=O)c1ccc(Br)cn1. The second-order valence-corrected chi connectivity index (χ2v) is 4.77. The summed E-state index contributed by atoms with van der Waals surface area (Å²) < 4.78 is 25.2. The van der Waals surface area contributed by atoms with Crippen molar-refractivity contribution in [1.29, 1.82) is 0 Å². The van der Waals surface area contributed by atoms with E-state index < -0.39 is 10.0 Å². The molecule has 1 heterocycles. The molecule has 0 saturated heterocycles. The number of hydrogen-bond donors (Lipinski definition) is 1. The van der Waals surface area contributed by atoms with Gasteiger partial charge < -0.3 is 0 Å². The largest absolute Gasteiger partial charge is 0.257 e. The summed E-state index contributed by atoms with van der Waals surface area (Å²) in [6, 6.07) is 3.05. The van der Waals surface area contributed by atoms with Crippen LogP contribution >= 0.6 is 15.9 Å². The standard InChI is InChI=1S/C6H7BrN2O2S/c1-8-12(10,11)6-3-2-5(7)4-9-6/h2-4,8H,1H3. The summed E-state index contributed by atoms with van der Waals surface area (Å²) in [5, 5.41) is 0.0215. The Balaban J connectivity index is 3.14. The molecule has 0 aliphatic carbocycles. The Labute approximate surface area is 79.2 Å². The summed E-state index contributed by atoms with van der Waals surface area (Å²) in [6.45, 7) is 0. The topological polar surface area (TPSA) is 59.1 Å². The predicted molar refractivity (Wildman–Crippen MR) is 48.2 cm³/mol. The second kappa shape index (κ2) is 3.51. The normalized spacial score (nSPS) is 11.5. The van der Waals surface area contributed by atoms with Gasteiger partial charge in [-0.05, 0) is 35.1 Å². The van der Waals surface area contributed by atoms with E-state index in [9.17, 15) is 8.42 Å². The zero-order chi connectivity index (χ0) is 9.19. The van der Waals surface area contributed by atoms with E-state index in [1.807, 2.05) is 0 Å². The molecule has 0 aromatic carbocycles. The number of pyridine rings is 1. The number of sulfonamides is 1. The summed E-state index contributed by atoms with van der Waals surface area (Å²) in [5.74, 6) is 0. The van der Waals surface area contributed by atoms with Crippen LogP contribution in [-0.2, 0) is 10.0 Å². The molecule has 1 aromatic heterocycles. The highest BCUT2D eigenvalue weighted by Crippen LogP contribution is 2.10. The summed E-state index contributed by atoms with van der Waals surface area (Å²) in [5.41, 5.74) is 0. The van der Waals surface area contributed by atoms with Crippen molar-refractivity contribution >= 4 is 26.0 Å². The van der Waals surface area contributed by atoms with Crippen molar-refractivity contribution < 1.29 is 8.42 Å². The predicted octanol–water partition coefficient (Wildman–Crippen LogP) is 0.752. The number of hydrogen-bond acceptors (Lipinski definition) is 3.